The third kappa shape index (κ3) is 4.60. The van der Waals surface area contributed by atoms with E-state index in [4.69, 9.17) is 13.7 Å². The van der Waals surface area contributed by atoms with E-state index in [9.17, 15) is 22.8 Å². The monoisotopic (exact) mass is 439 g/mol. The number of amides is 2. The van der Waals surface area contributed by atoms with Gasteiger partial charge in [0.25, 0.3) is 11.8 Å². The molecule has 2 aromatic rings. The van der Waals surface area contributed by atoms with Crippen molar-refractivity contribution in [1.82, 2.24) is 14.8 Å². The summed E-state index contributed by atoms with van der Waals surface area (Å²) in [6.45, 7) is 2.53. The first-order valence-corrected chi connectivity index (χ1v) is 10.6. The highest BCUT2D eigenvalue weighted by Gasteiger charge is 2.37. The van der Waals surface area contributed by atoms with E-state index in [1.54, 1.807) is 0 Å². The Morgan fingerprint density at radius 1 is 1.33 bits per heavy atom. The minimum absolute atomic E-state index is 0.00710. The number of piperidine rings is 1. The molecular formula is C18H21N3O8S. The van der Waals surface area contributed by atoms with E-state index in [0.29, 0.717) is 12.8 Å². The molecule has 1 saturated heterocycles. The van der Waals surface area contributed by atoms with E-state index in [-0.39, 0.29) is 35.2 Å². The summed E-state index contributed by atoms with van der Waals surface area (Å²) >= 11 is 0. The lowest BCUT2D eigenvalue weighted by Crippen LogP contribution is -2.43. The molecule has 1 aliphatic heterocycles. The number of carbonyl (C=O) groups is 3. The summed E-state index contributed by atoms with van der Waals surface area (Å²) in [7, 11) is -3.88. The van der Waals surface area contributed by atoms with Gasteiger partial charge in [-0.1, -0.05) is 5.16 Å². The van der Waals surface area contributed by atoms with Gasteiger partial charge in [0, 0.05) is 13.1 Å². The van der Waals surface area contributed by atoms with E-state index in [1.807, 2.05) is 5.32 Å². The topological polar surface area (TPSA) is 149 Å². The Morgan fingerprint density at radius 2 is 2.10 bits per heavy atom. The molecule has 3 rings (SSSR count). The normalized spacial score (nSPS) is 17.5. The Kier molecular flexibility index (Phi) is 6.37. The number of hydrogen-bond acceptors (Lipinski definition) is 9. The third-order valence-corrected chi connectivity index (χ3v) is 6.74. The third-order valence-electron chi connectivity index (χ3n) is 4.63. The van der Waals surface area contributed by atoms with Crippen LogP contribution in [0, 0.1) is 19.8 Å². The van der Waals surface area contributed by atoms with Crippen molar-refractivity contribution in [2.75, 3.05) is 19.7 Å². The summed E-state index contributed by atoms with van der Waals surface area (Å²) in [4.78, 5) is 35.9. The molecule has 0 bridgehead atoms. The first-order chi connectivity index (χ1) is 14.2. The number of hydrogen-bond donors (Lipinski definition) is 1. The zero-order valence-electron chi connectivity index (χ0n) is 16.4. The Bertz CT molecular complexity index is 1020. The SMILES string of the molecule is Cc1noc(C)c1S(=O)(=O)N1CCCC(C(=O)OCC(=O)NC(=O)c2ccco2)C1. The van der Waals surface area contributed by atoms with Gasteiger partial charge >= 0.3 is 5.97 Å². The van der Waals surface area contributed by atoms with Gasteiger partial charge in [0.1, 0.15) is 10.6 Å². The van der Waals surface area contributed by atoms with Crippen molar-refractivity contribution in [2.45, 2.75) is 31.6 Å². The number of nitrogens with one attached hydrogen (secondary N) is 1. The van der Waals surface area contributed by atoms with Crippen LogP contribution in [0.4, 0.5) is 0 Å². The lowest BCUT2D eigenvalue weighted by Gasteiger charge is -2.30. The smallest absolute Gasteiger partial charge is 0.310 e. The lowest BCUT2D eigenvalue weighted by atomic mass is 10.00. The molecule has 12 heteroatoms. The van der Waals surface area contributed by atoms with Gasteiger partial charge in [-0.25, -0.2) is 8.42 Å². The van der Waals surface area contributed by atoms with Crippen LogP contribution >= 0.6 is 0 Å². The van der Waals surface area contributed by atoms with Gasteiger partial charge in [-0.3, -0.25) is 19.7 Å². The average Bonchev–Trinajstić information content (AvgIpc) is 3.36. The minimum Gasteiger partial charge on any atom is -0.459 e. The number of ether oxygens (including phenoxy) is 1. The van der Waals surface area contributed by atoms with Crippen LogP contribution in [0.3, 0.4) is 0 Å². The summed E-state index contributed by atoms with van der Waals surface area (Å²) in [5.74, 6) is -2.90. The van der Waals surface area contributed by atoms with Crippen molar-refractivity contribution in [3.63, 3.8) is 0 Å². The van der Waals surface area contributed by atoms with E-state index < -0.39 is 40.3 Å². The first kappa shape index (κ1) is 21.7. The quantitative estimate of drug-likeness (QED) is 0.644. The van der Waals surface area contributed by atoms with E-state index in [1.165, 1.54) is 36.5 Å². The van der Waals surface area contributed by atoms with Crippen molar-refractivity contribution in [3.05, 3.63) is 35.6 Å². The molecule has 1 fully saturated rings. The maximum atomic E-state index is 12.9. The molecular weight excluding hydrogens is 418 g/mol. The Morgan fingerprint density at radius 3 is 2.73 bits per heavy atom. The fourth-order valence-corrected chi connectivity index (χ4v) is 5.03. The second-order valence-corrected chi connectivity index (χ2v) is 8.69. The Hall–Kier alpha value is -2.99. The number of aryl methyl sites for hydroxylation is 2. The highest BCUT2D eigenvalue weighted by molar-refractivity contribution is 7.89. The predicted molar refractivity (Wildman–Crippen MR) is 99.6 cm³/mol. The zero-order chi connectivity index (χ0) is 21.9. The van der Waals surface area contributed by atoms with Crippen LogP contribution in [-0.2, 0) is 24.3 Å². The summed E-state index contributed by atoms with van der Waals surface area (Å²) in [5, 5.41) is 5.70. The molecule has 1 unspecified atom stereocenters. The van der Waals surface area contributed by atoms with Gasteiger partial charge < -0.3 is 13.7 Å². The van der Waals surface area contributed by atoms with Gasteiger partial charge in [0.15, 0.2) is 18.1 Å². The van der Waals surface area contributed by atoms with Crippen molar-refractivity contribution in [3.8, 4) is 0 Å². The second-order valence-electron chi connectivity index (χ2n) is 6.82. The number of imide groups is 1. The first-order valence-electron chi connectivity index (χ1n) is 9.17. The number of esters is 1. The standard InChI is InChI=1S/C18H21N3O8S/c1-11-16(12(2)29-20-11)30(25,26)21-7-3-5-13(9-21)18(24)28-10-15(22)19-17(23)14-6-4-8-27-14/h4,6,8,13H,3,5,7,9-10H2,1-2H3,(H,19,22,23). The molecule has 2 amide bonds. The molecule has 0 spiro atoms. The maximum Gasteiger partial charge on any atom is 0.310 e. The van der Waals surface area contributed by atoms with Crippen LogP contribution in [0.5, 0.6) is 0 Å². The molecule has 0 aliphatic carbocycles. The van der Waals surface area contributed by atoms with Crippen molar-refractivity contribution < 1.29 is 36.5 Å². The number of sulfonamides is 1. The molecule has 2 aromatic heterocycles. The molecule has 0 saturated carbocycles. The second kappa shape index (κ2) is 8.79. The zero-order valence-corrected chi connectivity index (χ0v) is 17.2. The fraction of sp³-hybridized carbons (Fsp3) is 0.444. The van der Waals surface area contributed by atoms with E-state index in [0.717, 1.165) is 0 Å². The van der Waals surface area contributed by atoms with Crippen LogP contribution in [0.15, 0.2) is 32.2 Å². The molecule has 1 atom stereocenters. The van der Waals surface area contributed by atoms with E-state index >= 15 is 0 Å². The van der Waals surface area contributed by atoms with Crippen LogP contribution < -0.4 is 5.32 Å². The van der Waals surface area contributed by atoms with Gasteiger partial charge in [0.05, 0.1) is 12.2 Å². The van der Waals surface area contributed by atoms with Gasteiger partial charge in [-0.2, -0.15) is 4.31 Å². The Labute approximate surface area is 172 Å². The van der Waals surface area contributed by atoms with Crippen LogP contribution in [0.1, 0.15) is 34.9 Å². The van der Waals surface area contributed by atoms with Gasteiger partial charge in [-0.15, -0.1) is 0 Å². The number of rotatable bonds is 6. The highest BCUT2D eigenvalue weighted by Crippen LogP contribution is 2.28. The number of furan rings is 1. The van der Waals surface area contributed by atoms with Crippen LogP contribution in [0.25, 0.3) is 0 Å². The molecule has 0 radical (unpaired) electrons. The number of carbonyl (C=O) groups excluding carboxylic acids is 3. The Balaban J connectivity index is 1.57. The number of nitrogens with zero attached hydrogens (tertiary/aromatic N) is 2. The van der Waals surface area contributed by atoms with Crippen molar-refractivity contribution in [1.29, 1.82) is 0 Å². The fourth-order valence-electron chi connectivity index (χ4n) is 3.21. The summed E-state index contributed by atoms with van der Waals surface area (Å²) in [6.07, 6.45) is 2.15. The van der Waals surface area contributed by atoms with Gasteiger partial charge in [0.2, 0.25) is 10.0 Å². The summed E-state index contributed by atoms with van der Waals surface area (Å²) < 4.78 is 41.8. The molecule has 3 heterocycles. The molecule has 1 N–H and O–H groups in total. The molecule has 11 nitrogen and oxygen atoms in total. The highest BCUT2D eigenvalue weighted by atomic mass is 32.2. The van der Waals surface area contributed by atoms with E-state index in [2.05, 4.69) is 5.16 Å². The van der Waals surface area contributed by atoms with Crippen molar-refractivity contribution >= 4 is 27.8 Å². The van der Waals surface area contributed by atoms with Gasteiger partial charge in [-0.05, 0) is 38.8 Å². The average molecular weight is 439 g/mol. The molecule has 1 aliphatic rings. The molecule has 0 aromatic carbocycles. The van der Waals surface area contributed by atoms with Crippen molar-refractivity contribution in [2.24, 2.45) is 5.92 Å². The largest absolute Gasteiger partial charge is 0.459 e. The predicted octanol–water partition coefficient (Wildman–Crippen LogP) is 0.785. The summed E-state index contributed by atoms with van der Waals surface area (Å²) in [5.41, 5.74) is 0.245. The van der Waals surface area contributed by atoms with Crippen LogP contribution in [0.2, 0.25) is 0 Å². The van der Waals surface area contributed by atoms with Crippen LogP contribution in [-0.4, -0.2) is 55.4 Å². The maximum absolute atomic E-state index is 12.9. The summed E-state index contributed by atoms with van der Waals surface area (Å²) in [6, 6.07) is 2.87. The molecule has 162 valence electrons. The lowest BCUT2D eigenvalue weighted by molar-refractivity contribution is -0.153. The number of aromatic nitrogens is 1. The molecule has 30 heavy (non-hydrogen) atoms. The minimum atomic E-state index is -3.88.